The van der Waals surface area contributed by atoms with E-state index in [0.29, 0.717) is 11.1 Å². The van der Waals surface area contributed by atoms with Crippen LogP contribution in [0.25, 0.3) is 0 Å². The van der Waals surface area contributed by atoms with Crippen LogP contribution in [0.5, 0.6) is 0 Å². The number of benzene rings is 4. The summed E-state index contributed by atoms with van der Waals surface area (Å²) in [5, 5.41) is 20.0. The van der Waals surface area contributed by atoms with Gasteiger partial charge in [0.1, 0.15) is 0 Å². The molecular weight excluding hydrogens is 813 g/mol. The molecule has 66 heavy (non-hydrogen) atoms. The maximum absolute atomic E-state index is 13.4. The summed E-state index contributed by atoms with van der Waals surface area (Å²) < 4.78 is 0. The topological polar surface area (TPSA) is 116 Å². The number of hydrogen-bond donors (Lipinski definition) is 0. The molecule has 0 bridgehead atoms. The first-order valence-electron chi connectivity index (χ1n) is 24.2. The quantitative estimate of drug-likeness (QED) is 0.131. The van der Waals surface area contributed by atoms with Gasteiger partial charge in [-0.25, -0.2) is 0 Å². The van der Waals surface area contributed by atoms with Crippen molar-refractivity contribution in [3.8, 4) is 12.1 Å². The zero-order chi connectivity index (χ0) is 50.0. The molecule has 0 radical (unpaired) electrons. The summed E-state index contributed by atoms with van der Waals surface area (Å²) in [6.07, 6.45) is 3.34. The standard InChI is InChI=1S/2C26H27NO2.4C2H6/c2*1-18-14-15-26(2,3)25(29)24(18)23(28)16-21(19-10-6-4-7-11-19)22(17-27)20-12-8-5-9-13-20;4*1-2/h2*4-13,21-22H,14-16H2,1-3H3;4*1-2H3/t2*21-,22-;;;;/m10..../s1. The Labute approximate surface area is 399 Å². The Morgan fingerprint density at radius 3 is 0.955 bits per heavy atom. The van der Waals surface area contributed by atoms with Crippen LogP contribution >= 0.6 is 0 Å². The molecule has 0 N–H and O–H groups in total. The summed E-state index contributed by atoms with van der Waals surface area (Å²) in [5.41, 5.74) is 5.09. The van der Waals surface area contributed by atoms with Gasteiger partial charge in [0.05, 0.1) is 35.1 Å². The monoisotopic (exact) mass is 891 g/mol. The predicted octanol–water partition coefficient (Wildman–Crippen LogP) is 15.6. The minimum Gasteiger partial charge on any atom is -0.294 e. The van der Waals surface area contributed by atoms with Crippen LogP contribution in [0, 0.1) is 33.5 Å². The minimum atomic E-state index is -0.513. The van der Waals surface area contributed by atoms with Crippen LogP contribution in [-0.4, -0.2) is 23.1 Å². The first-order valence-corrected chi connectivity index (χ1v) is 24.2. The third-order valence-corrected chi connectivity index (χ3v) is 12.0. The van der Waals surface area contributed by atoms with E-state index in [4.69, 9.17) is 0 Å². The molecule has 0 unspecified atom stereocenters. The van der Waals surface area contributed by atoms with Crippen molar-refractivity contribution >= 4 is 23.1 Å². The Hall–Kier alpha value is -5.98. The molecule has 6 heteroatoms. The maximum atomic E-state index is 13.4. The lowest BCUT2D eigenvalue weighted by molar-refractivity contribution is -0.129. The number of nitrogens with zero attached hydrogens (tertiary/aromatic N) is 2. The number of allylic oxidation sites excluding steroid dienone is 4. The number of hydrogen-bond acceptors (Lipinski definition) is 6. The van der Waals surface area contributed by atoms with Crippen molar-refractivity contribution in [1.82, 2.24) is 0 Å². The van der Waals surface area contributed by atoms with Crippen molar-refractivity contribution < 1.29 is 19.2 Å². The molecule has 0 spiro atoms. The third-order valence-electron chi connectivity index (χ3n) is 12.0. The fourth-order valence-corrected chi connectivity index (χ4v) is 8.25. The normalized spacial score (nSPS) is 16.2. The van der Waals surface area contributed by atoms with Crippen molar-refractivity contribution in [2.45, 2.75) is 159 Å². The highest BCUT2D eigenvalue weighted by atomic mass is 16.2. The van der Waals surface area contributed by atoms with Crippen molar-refractivity contribution in [3.05, 3.63) is 166 Å². The van der Waals surface area contributed by atoms with Gasteiger partial charge in [0.25, 0.3) is 0 Å². The fourth-order valence-electron chi connectivity index (χ4n) is 8.25. The molecule has 0 saturated heterocycles. The molecule has 352 valence electrons. The molecule has 0 heterocycles. The van der Waals surface area contributed by atoms with E-state index in [0.717, 1.165) is 59.1 Å². The molecule has 2 aliphatic carbocycles. The number of rotatable bonds is 12. The highest BCUT2D eigenvalue weighted by Gasteiger charge is 2.40. The van der Waals surface area contributed by atoms with Gasteiger partial charge in [0, 0.05) is 35.5 Å². The van der Waals surface area contributed by atoms with Gasteiger partial charge < -0.3 is 0 Å². The highest BCUT2D eigenvalue weighted by Crippen LogP contribution is 2.42. The van der Waals surface area contributed by atoms with Crippen LogP contribution in [0.2, 0.25) is 0 Å². The first kappa shape index (κ1) is 58.0. The zero-order valence-electron chi connectivity index (χ0n) is 42.6. The average Bonchev–Trinajstić information content (AvgIpc) is 3.36. The van der Waals surface area contributed by atoms with Crippen molar-refractivity contribution in [1.29, 1.82) is 10.5 Å². The lowest BCUT2D eigenvalue weighted by Gasteiger charge is -2.31. The average molecular weight is 891 g/mol. The second-order valence-electron chi connectivity index (χ2n) is 17.1. The first-order chi connectivity index (χ1) is 31.7. The van der Waals surface area contributed by atoms with Gasteiger partial charge in [-0.15, -0.1) is 0 Å². The van der Waals surface area contributed by atoms with E-state index in [9.17, 15) is 29.7 Å². The fraction of sp³-hybridized carbons (Fsp3) is 0.433. The molecule has 0 aliphatic heterocycles. The van der Waals surface area contributed by atoms with Gasteiger partial charge >= 0.3 is 0 Å². The molecule has 0 fully saturated rings. The third kappa shape index (κ3) is 15.6. The van der Waals surface area contributed by atoms with Crippen LogP contribution in [0.15, 0.2) is 144 Å². The molecule has 0 amide bonds. The van der Waals surface area contributed by atoms with Crippen LogP contribution in [-0.2, 0) is 19.2 Å². The molecule has 6 rings (SSSR count). The van der Waals surface area contributed by atoms with Gasteiger partial charge in [-0.2, -0.15) is 10.5 Å². The zero-order valence-corrected chi connectivity index (χ0v) is 42.6. The summed E-state index contributed by atoms with van der Waals surface area (Å²) in [7, 11) is 0. The van der Waals surface area contributed by atoms with Crippen LogP contribution in [0.3, 0.4) is 0 Å². The molecule has 6 nitrogen and oxygen atoms in total. The number of nitriles is 2. The smallest absolute Gasteiger partial charge is 0.171 e. The van der Waals surface area contributed by atoms with E-state index in [-0.39, 0.29) is 47.8 Å². The lowest BCUT2D eigenvalue weighted by atomic mass is 9.70. The largest absolute Gasteiger partial charge is 0.294 e. The molecule has 2 aliphatic rings. The SMILES string of the molecule is CC.CC.CC.CC.CC1=C(C(=O)C[C@@H](c2ccccc2)[C@@H](C#N)c2ccccc2)C(=O)C(C)(C)CC1.CC1=C(C(=O)C[C@H](c2ccccc2)[C@H](C#N)c2ccccc2)C(=O)C(C)(C)CC1. The summed E-state index contributed by atoms with van der Waals surface area (Å²) in [5.74, 6) is -1.97. The Kier molecular flexibility index (Phi) is 26.0. The number of Topliss-reactive ketones (excluding diaryl/α,β-unsaturated/α-hetero) is 4. The Morgan fingerprint density at radius 1 is 0.470 bits per heavy atom. The van der Waals surface area contributed by atoms with Crippen molar-refractivity contribution in [2.24, 2.45) is 10.8 Å². The van der Waals surface area contributed by atoms with E-state index in [1.54, 1.807) is 0 Å². The van der Waals surface area contributed by atoms with Crippen LogP contribution in [0.4, 0.5) is 0 Å². The maximum Gasteiger partial charge on any atom is 0.171 e. The van der Waals surface area contributed by atoms with E-state index in [1.807, 2.05) is 218 Å². The second-order valence-corrected chi connectivity index (χ2v) is 17.1. The minimum absolute atomic E-state index is 0.0636. The summed E-state index contributed by atoms with van der Waals surface area (Å²) >= 11 is 0. The van der Waals surface area contributed by atoms with Gasteiger partial charge in [-0.1, -0.05) is 216 Å². The lowest BCUT2D eigenvalue weighted by Crippen LogP contribution is -2.34. The number of ketones is 4. The summed E-state index contributed by atoms with van der Waals surface area (Å²) in [4.78, 5) is 52.7. The Bertz CT molecular complexity index is 2090. The van der Waals surface area contributed by atoms with Gasteiger partial charge in [-0.3, -0.25) is 19.2 Å². The summed E-state index contributed by atoms with van der Waals surface area (Å²) in [6.45, 7) is 27.4. The Morgan fingerprint density at radius 2 is 0.712 bits per heavy atom. The number of carbonyl (C=O) groups is 4. The number of carbonyl (C=O) groups excluding carboxylic acids is 4. The van der Waals surface area contributed by atoms with Gasteiger partial charge in [-0.05, 0) is 61.8 Å². The predicted molar refractivity (Wildman–Crippen MR) is 274 cm³/mol. The van der Waals surface area contributed by atoms with Crippen molar-refractivity contribution in [3.63, 3.8) is 0 Å². The van der Waals surface area contributed by atoms with Gasteiger partial charge in [0.15, 0.2) is 23.1 Å². The second kappa shape index (κ2) is 29.5. The molecule has 0 saturated carbocycles. The molecular formula is C60H78N2O4. The van der Waals surface area contributed by atoms with E-state index < -0.39 is 22.7 Å². The molecule has 4 atom stereocenters. The molecule has 4 aromatic carbocycles. The van der Waals surface area contributed by atoms with E-state index >= 15 is 0 Å². The highest BCUT2D eigenvalue weighted by molar-refractivity contribution is 6.23. The van der Waals surface area contributed by atoms with E-state index in [2.05, 4.69) is 12.1 Å². The van der Waals surface area contributed by atoms with Crippen LogP contribution in [0.1, 0.15) is 181 Å². The molecule has 0 aromatic heterocycles. The van der Waals surface area contributed by atoms with E-state index in [1.165, 1.54) is 0 Å². The van der Waals surface area contributed by atoms with Crippen LogP contribution < -0.4 is 0 Å². The van der Waals surface area contributed by atoms with Crippen molar-refractivity contribution in [2.75, 3.05) is 0 Å². The Balaban J connectivity index is 0.000000574. The summed E-state index contributed by atoms with van der Waals surface area (Å²) in [6, 6.07) is 43.3. The van der Waals surface area contributed by atoms with Gasteiger partial charge in [0.2, 0.25) is 0 Å². The molecule has 4 aromatic rings.